The number of nitrogens with zero attached hydrogens (tertiary/aromatic N) is 4. The molecule has 2 aromatic heterocycles. The summed E-state index contributed by atoms with van der Waals surface area (Å²) in [4.78, 5) is 20.3. The molecule has 7 heteroatoms. The quantitative estimate of drug-likeness (QED) is 0.887. The minimum absolute atomic E-state index is 0.0165. The van der Waals surface area contributed by atoms with E-state index >= 15 is 0 Å². The van der Waals surface area contributed by atoms with Gasteiger partial charge in [0, 0.05) is 43.4 Å². The van der Waals surface area contributed by atoms with E-state index in [1.165, 1.54) is 6.20 Å². The molecule has 0 atom stereocenters. The van der Waals surface area contributed by atoms with Crippen molar-refractivity contribution in [2.75, 3.05) is 29.9 Å². The molecule has 122 valence electrons. The van der Waals surface area contributed by atoms with Crippen molar-refractivity contribution in [2.45, 2.75) is 26.2 Å². The van der Waals surface area contributed by atoms with Crippen LogP contribution in [-0.2, 0) is 5.41 Å². The Balaban J connectivity index is 1.51. The summed E-state index contributed by atoms with van der Waals surface area (Å²) in [6.45, 7) is 8.91. The Labute approximate surface area is 135 Å². The van der Waals surface area contributed by atoms with Crippen molar-refractivity contribution in [1.82, 2.24) is 20.2 Å². The van der Waals surface area contributed by atoms with Crippen molar-refractivity contribution in [2.24, 2.45) is 5.92 Å². The van der Waals surface area contributed by atoms with Gasteiger partial charge in [0.1, 0.15) is 0 Å². The molecule has 3 rings (SSSR count). The van der Waals surface area contributed by atoms with Gasteiger partial charge in [0.25, 0.3) is 5.56 Å². The molecule has 0 aliphatic carbocycles. The van der Waals surface area contributed by atoms with E-state index in [0.29, 0.717) is 11.7 Å². The predicted molar refractivity (Wildman–Crippen MR) is 89.8 cm³/mol. The fourth-order valence-corrected chi connectivity index (χ4v) is 2.50. The third-order valence-electron chi connectivity index (χ3n) is 3.97. The SMILES string of the molecule is CC(C)(C)c1ccc(N2CC(CNc3ncc[nH]c3=O)C2)nn1. The van der Waals surface area contributed by atoms with Crippen molar-refractivity contribution < 1.29 is 0 Å². The first-order valence-electron chi connectivity index (χ1n) is 7.80. The van der Waals surface area contributed by atoms with Crippen molar-refractivity contribution in [3.63, 3.8) is 0 Å². The summed E-state index contributed by atoms with van der Waals surface area (Å²) in [6.07, 6.45) is 3.10. The van der Waals surface area contributed by atoms with Crippen LogP contribution in [0.25, 0.3) is 0 Å². The highest BCUT2D eigenvalue weighted by atomic mass is 16.1. The summed E-state index contributed by atoms with van der Waals surface area (Å²) in [5, 5.41) is 11.7. The summed E-state index contributed by atoms with van der Waals surface area (Å²) in [7, 11) is 0. The van der Waals surface area contributed by atoms with E-state index in [0.717, 1.165) is 31.1 Å². The average Bonchev–Trinajstić information content (AvgIpc) is 2.47. The molecule has 0 radical (unpaired) electrons. The molecule has 1 aliphatic rings. The van der Waals surface area contributed by atoms with Crippen LogP contribution < -0.4 is 15.8 Å². The minimum Gasteiger partial charge on any atom is -0.365 e. The number of hydrogen-bond acceptors (Lipinski definition) is 6. The highest BCUT2D eigenvalue weighted by Gasteiger charge is 2.28. The minimum atomic E-state index is -0.188. The summed E-state index contributed by atoms with van der Waals surface area (Å²) >= 11 is 0. The Morgan fingerprint density at radius 2 is 2.09 bits per heavy atom. The second-order valence-corrected chi connectivity index (χ2v) is 6.95. The van der Waals surface area contributed by atoms with Gasteiger partial charge in [-0.2, -0.15) is 5.10 Å². The first-order valence-corrected chi connectivity index (χ1v) is 7.80. The fourth-order valence-electron chi connectivity index (χ4n) is 2.50. The molecule has 0 spiro atoms. The molecule has 1 fully saturated rings. The maximum atomic E-state index is 11.5. The van der Waals surface area contributed by atoms with Crippen LogP contribution in [0.3, 0.4) is 0 Å². The maximum Gasteiger partial charge on any atom is 0.290 e. The molecule has 0 bridgehead atoms. The van der Waals surface area contributed by atoms with Crippen molar-refractivity contribution >= 4 is 11.6 Å². The van der Waals surface area contributed by atoms with Gasteiger partial charge in [-0.1, -0.05) is 20.8 Å². The van der Waals surface area contributed by atoms with Crippen LogP contribution >= 0.6 is 0 Å². The Morgan fingerprint density at radius 1 is 1.30 bits per heavy atom. The molecule has 23 heavy (non-hydrogen) atoms. The maximum absolute atomic E-state index is 11.5. The number of rotatable bonds is 4. The first kappa shape index (κ1) is 15.5. The van der Waals surface area contributed by atoms with E-state index in [1.54, 1.807) is 6.20 Å². The zero-order chi connectivity index (χ0) is 16.4. The number of nitrogens with one attached hydrogen (secondary N) is 2. The van der Waals surface area contributed by atoms with Gasteiger partial charge in [0.2, 0.25) is 0 Å². The van der Waals surface area contributed by atoms with Crippen LogP contribution in [0, 0.1) is 5.92 Å². The molecule has 2 aromatic rings. The van der Waals surface area contributed by atoms with Gasteiger partial charge in [-0.05, 0) is 12.1 Å². The van der Waals surface area contributed by atoms with Gasteiger partial charge in [-0.3, -0.25) is 4.79 Å². The zero-order valence-corrected chi connectivity index (χ0v) is 13.7. The highest BCUT2D eigenvalue weighted by Crippen LogP contribution is 2.25. The van der Waals surface area contributed by atoms with Crippen LogP contribution in [0.5, 0.6) is 0 Å². The second kappa shape index (κ2) is 5.98. The van der Waals surface area contributed by atoms with Gasteiger partial charge in [-0.15, -0.1) is 5.10 Å². The van der Waals surface area contributed by atoms with Crippen LogP contribution in [0.4, 0.5) is 11.6 Å². The lowest BCUT2D eigenvalue weighted by molar-refractivity contribution is 0.424. The summed E-state index contributed by atoms with van der Waals surface area (Å²) in [5.41, 5.74) is 0.824. The van der Waals surface area contributed by atoms with Gasteiger partial charge in [0.05, 0.1) is 5.69 Å². The topological polar surface area (TPSA) is 86.8 Å². The molecular weight excluding hydrogens is 292 g/mol. The van der Waals surface area contributed by atoms with E-state index in [4.69, 9.17) is 0 Å². The number of aromatic amines is 1. The molecule has 0 saturated carbocycles. The molecule has 0 amide bonds. The first-order chi connectivity index (χ1) is 10.9. The highest BCUT2D eigenvalue weighted by molar-refractivity contribution is 5.42. The molecule has 3 heterocycles. The second-order valence-electron chi connectivity index (χ2n) is 6.95. The van der Waals surface area contributed by atoms with E-state index in [1.807, 2.05) is 12.1 Å². The Bertz CT molecular complexity index is 712. The van der Waals surface area contributed by atoms with Crippen molar-refractivity contribution in [3.8, 4) is 0 Å². The number of hydrogen-bond donors (Lipinski definition) is 2. The molecular formula is C16H22N6O. The molecule has 1 saturated heterocycles. The smallest absolute Gasteiger partial charge is 0.290 e. The van der Waals surface area contributed by atoms with Crippen molar-refractivity contribution in [3.05, 3.63) is 40.6 Å². The Kier molecular flexibility index (Phi) is 4.02. The zero-order valence-electron chi connectivity index (χ0n) is 13.7. The van der Waals surface area contributed by atoms with Crippen LogP contribution in [0.15, 0.2) is 29.3 Å². The lowest BCUT2D eigenvalue weighted by Gasteiger charge is -2.40. The lowest BCUT2D eigenvalue weighted by atomic mass is 9.92. The standard InChI is InChI=1S/C16H22N6O/c1-16(2,3)12-4-5-13(21-20-12)22-9-11(10-22)8-19-14-15(23)18-7-6-17-14/h4-7,11H,8-10H2,1-3H3,(H,17,19)(H,18,23). The van der Waals surface area contributed by atoms with E-state index < -0.39 is 0 Å². The van der Waals surface area contributed by atoms with E-state index in [-0.39, 0.29) is 11.0 Å². The van der Waals surface area contributed by atoms with Crippen molar-refractivity contribution in [1.29, 1.82) is 0 Å². The monoisotopic (exact) mass is 314 g/mol. The predicted octanol–water partition coefficient (Wildman–Crippen LogP) is 1.41. The molecule has 0 aromatic carbocycles. The molecule has 2 N–H and O–H groups in total. The van der Waals surface area contributed by atoms with Gasteiger partial charge >= 0.3 is 0 Å². The van der Waals surface area contributed by atoms with Crippen LogP contribution in [0.2, 0.25) is 0 Å². The van der Waals surface area contributed by atoms with Gasteiger partial charge in [0.15, 0.2) is 11.6 Å². The van der Waals surface area contributed by atoms with E-state index in [9.17, 15) is 4.79 Å². The third kappa shape index (κ3) is 3.49. The summed E-state index contributed by atoms with van der Waals surface area (Å²) < 4.78 is 0. The summed E-state index contributed by atoms with van der Waals surface area (Å²) in [5.74, 6) is 1.76. The van der Waals surface area contributed by atoms with Gasteiger partial charge < -0.3 is 15.2 Å². The normalized spacial score (nSPS) is 15.3. The Hall–Kier alpha value is -2.44. The summed E-state index contributed by atoms with van der Waals surface area (Å²) in [6, 6.07) is 4.07. The molecule has 0 unspecified atom stereocenters. The Morgan fingerprint density at radius 3 is 2.70 bits per heavy atom. The van der Waals surface area contributed by atoms with Crippen LogP contribution in [0.1, 0.15) is 26.5 Å². The number of aromatic nitrogens is 4. The van der Waals surface area contributed by atoms with E-state index in [2.05, 4.69) is 51.2 Å². The number of anilines is 2. The molecule has 1 aliphatic heterocycles. The largest absolute Gasteiger partial charge is 0.365 e. The fraction of sp³-hybridized carbons (Fsp3) is 0.500. The molecule has 7 nitrogen and oxygen atoms in total. The van der Waals surface area contributed by atoms with Gasteiger partial charge in [-0.25, -0.2) is 4.98 Å². The lowest BCUT2D eigenvalue weighted by Crippen LogP contribution is -2.50. The number of H-pyrrole nitrogens is 1. The average molecular weight is 314 g/mol. The van der Waals surface area contributed by atoms with Crippen LogP contribution in [-0.4, -0.2) is 39.8 Å². The third-order valence-corrected chi connectivity index (χ3v) is 3.97.